The maximum atomic E-state index is 5.65. The van der Waals surface area contributed by atoms with E-state index in [-0.39, 0.29) is 0 Å². The zero-order valence-corrected chi connectivity index (χ0v) is 16.7. The molecule has 0 radical (unpaired) electrons. The first-order valence-electron chi connectivity index (χ1n) is 9.60. The summed E-state index contributed by atoms with van der Waals surface area (Å²) in [4.78, 5) is 4.83. The van der Waals surface area contributed by atoms with E-state index >= 15 is 0 Å². The molecule has 1 heterocycles. The summed E-state index contributed by atoms with van der Waals surface area (Å²) in [6.07, 6.45) is 0. The first kappa shape index (κ1) is 18.7. The average molecular weight is 385 g/mol. The lowest BCUT2D eigenvalue weighted by atomic mass is 10.1. The zero-order chi connectivity index (χ0) is 20.2. The van der Waals surface area contributed by atoms with Crippen LogP contribution in [0, 0.1) is 0 Å². The van der Waals surface area contributed by atoms with Gasteiger partial charge >= 0.3 is 0 Å². The van der Waals surface area contributed by atoms with Gasteiger partial charge in [0, 0.05) is 24.9 Å². The van der Waals surface area contributed by atoms with E-state index in [0.717, 1.165) is 50.3 Å². The summed E-state index contributed by atoms with van der Waals surface area (Å²) >= 11 is 0. The number of rotatable bonds is 6. The molecule has 4 aromatic rings. The summed E-state index contributed by atoms with van der Waals surface area (Å²) in [6, 6.07) is 19.7. The molecule has 0 saturated heterocycles. The molecule has 0 spiro atoms. The monoisotopic (exact) mass is 385 g/mol. The van der Waals surface area contributed by atoms with Crippen molar-refractivity contribution in [2.24, 2.45) is 10.2 Å². The minimum absolute atomic E-state index is 0.631. The van der Waals surface area contributed by atoms with E-state index in [1.165, 1.54) is 0 Å². The van der Waals surface area contributed by atoms with Gasteiger partial charge < -0.3 is 15.4 Å². The zero-order valence-electron chi connectivity index (χ0n) is 16.7. The fourth-order valence-electron chi connectivity index (χ4n) is 3.38. The van der Waals surface area contributed by atoms with E-state index in [9.17, 15) is 0 Å². The fraction of sp³-hybridized carbons (Fsp3) is 0.174. The maximum absolute atomic E-state index is 5.65. The van der Waals surface area contributed by atoms with Crippen LogP contribution >= 0.6 is 0 Å². The van der Waals surface area contributed by atoms with Crippen LogP contribution in [0.25, 0.3) is 21.8 Å². The summed E-state index contributed by atoms with van der Waals surface area (Å²) < 4.78 is 5.65. The first-order valence-corrected chi connectivity index (χ1v) is 9.60. The Labute approximate surface area is 169 Å². The van der Waals surface area contributed by atoms with Gasteiger partial charge in [-0.1, -0.05) is 12.1 Å². The number of azo groups is 1. The Bertz CT molecular complexity index is 1200. The molecule has 29 heavy (non-hydrogen) atoms. The Morgan fingerprint density at radius 2 is 1.72 bits per heavy atom. The van der Waals surface area contributed by atoms with Crippen molar-refractivity contribution in [2.75, 3.05) is 31.3 Å². The van der Waals surface area contributed by atoms with Crippen LogP contribution in [0.4, 0.5) is 22.7 Å². The van der Waals surface area contributed by atoms with Crippen LogP contribution in [0.1, 0.15) is 6.92 Å². The van der Waals surface area contributed by atoms with Gasteiger partial charge in [-0.2, -0.15) is 5.11 Å². The largest absolute Gasteiger partial charge is 0.494 e. The average Bonchev–Trinajstić information content (AvgIpc) is 2.76. The number of hydrogen-bond acceptors (Lipinski definition) is 6. The van der Waals surface area contributed by atoms with Crippen LogP contribution in [0.15, 0.2) is 70.9 Å². The third kappa shape index (κ3) is 3.69. The molecule has 0 aliphatic heterocycles. The SMILES string of the molecule is CCOc1ccc2nc3cc(N=Nc4ccccc4NC)ccc3c(NC)c2c1. The molecule has 0 saturated carbocycles. The highest BCUT2D eigenvalue weighted by Crippen LogP contribution is 2.35. The summed E-state index contributed by atoms with van der Waals surface area (Å²) in [5.41, 5.74) is 5.27. The summed E-state index contributed by atoms with van der Waals surface area (Å²) in [7, 11) is 3.79. The number of para-hydroxylation sites is 1. The van der Waals surface area contributed by atoms with Crippen LogP contribution in [0.2, 0.25) is 0 Å². The first-order chi connectivity index (χ1) is 14.2. The Morgan fingerprint density at radius 1 is 0.862 bits per heavy atom. The highest BCUT2D eigenvalue weighted by Gasteiger charge is 2.10. The Kier molecular flexibility index (Phi) is 5.24. The molecule has 1 aromatic heterocycles. The minimum atomic E-state index is 0.631. The molecule has 6 nitrogen and oxygen atoms in total. The van der Waals surface area contributed by atoms with E-state index in [0.29, 0.717) is 6.61 Å². The molecular weight excluding hydrogens is 362 g/mol. The van der Waals surface area contributed by atoms with E-state index in [4.69, 9.17) is 9.72 Å². The lowest BCUT2D eigenvalue weighted by Crippen LogP contribution is -1.96. The molecule has 0 unspecified atom stereocenters. The van der Waals surface area contributed by atoms with E-state index < -0.39 is 0 Å². The topological polar surface area (TPSA) is 70.9 Å². The molecular formula is C23H23N5O. The van der Waals surface area contributed by atoms with Crippen LogP contribution in [0.5, 0.6) is 5.75 Å². The predicted molar refractivity (Wildman–Crippen MR) is 120 cm³/mol. The number of pyridine rings is 1. The van der Waals surface area contributed by atoms with Crippen molar-refractivity contribution in [1.29, 1.82) is 0 Å². The molecule has 2 N–H and O–H groups in total. The van der Waals surface area contributed by atoms with Crippen molar-refractivity contribution in [3.05, 3.63) is 60.7 Å². The van der Waals surface area contributed by atoms with Crippen molar-refractivity contribution in [3.63, 3.8) is 0 Å². The molecule has 146 valence electrons. The van der Waals surface area contributed by atoms with Crippen molar-refractivity contribution >= 4 is 44.6 Å². The number of anilines is 2. The maximum Gasteiger partial charge on any atom is 0.120 e. The van der Waals surface area contributed by atoms with Gasteiger partial charge in [-0.25, -0.2) is 4.98 Å². The van der Waals surface area contributed by atoms with Crippen molar-refractivity contribution in [1.82, 2.24) is 4.98 Å². The number of benzene rings is 3. The lowest BCUT2D eigenvalue weighted by Gasteiger charge is -2.12. The van der Waals surface area contributed by atoms with Crippen LogP contribution in [-0.2, 0) is 0 Å². The van der Waals surface area contributed by atoms with E-state index in [2.05, 4.69) is 20.9 Å². The molecule has 0 bridgehead atoms. The third-order valence-corrected chi connectivity index (χ3v) is 4.74. The summed E-state index contributed by atoms with van der Waals surface area (Å²) in [5.74, 6) is 0.839. The minimum Gasteiger partial charge on any atom is -0.494 e. The highest BCUT2D eigenvalue weighted by atomic mass is 16.5. The molecule has 0 amide bonds. The standard InChI is InChI=1S/C23H23N5O/c1-4-29-16-10-12-19-18(14-16)23(25-3)17-11-9-15(13-22(17)26-19)27-28-21-8-6-5-7-20(21)24-2/h5-14,24H,4H2,1-3H3,(H,25,26). The number of ether oxygens (including phenoxy) is 1. The second kappa shape index (κ2) is 8.14. The molecule has 3 aromatic carbocycles. The smallest absolute Gasteiger partial charge is 0.120 e. The number of nitrogens with one attached hydrogen (secondary N) is 2. The van der Waals surface area contributed by atoms with Gasteiger partial charge in [0.15, 0.2) is 0 Å². The van der Waals surface area contributed by atoms with Crippen molar-refractivity contribution in [2.45, 2.75) is 6.92 Å². The van der Waals surface area contributed by atoms with Gasteiger partial charge in [0.25, 0.3) is 0 Å². The lowest BCUT2D eigenvalue weighted by molar-refractivity contribution is 0.341. The van der Waals surface area contributed by atoms with Gasteiger partial charge in [-0.3, -0.25) is 0 Å². The highest BCUT2D eigenvalue weighted by molar-refractivity contribution is 6.08. The van der Waals surface area contributed by atoms with Gasteiger partial charge in [0.2, 0.25) is 0 Å². The molecule has 0 fully saturated rings. The number of fused-ring (bicyclic) bond motifs is 2. The van der Waals surface area contributed by atoms with Gasteiger partial charge in [-0.05, 0) is 55.5 Å². The quantitative estimate of drug-likeness (QED) is 0.302. The van der Waals surface area contributed by atoms with Crippen molar-refractivity contribution < 1.29 is 4.74 Å². The number of hydrogen-bond donors (Lipinski definition) is 2. The molecule has 0 aliphatic carbocycles. The van der Waals surface area contributed by atoms with E-state index in [1.54, 1.807) is 0 Å². The third-order valence-electron chi connectivity index (χ3n) is 4.74. The molecule has 6 heteroatoms. The second-order valence-corrected chi connectivity index (χ2v) is 6.52. The Balaban J connectivity index is 1.78. The van der Waals surface area contributed by atoms with Crippen molar-refractivity contribution in [3.8, 4) is 5.75 Å². The van der Waals surface area contributed by atoms with Gasteiger partial charge in [-0.15, -0.1) is 5.11 Å². The van der Waals surface area contributed by atoms with Gasteiger partial charge in [0.1, 0.15) is 11.4 Å². The van der Waals surface area contributed by atoms with Crippen LogP contribution in [0.3, 0.4) is 0 Å². The normalized spacial score (nSPS) is 11.3. The molecule has 0 atom stereocenters. The van der Waals surface area contributed by atoms with Crippen LogP contribution in [-0.4, -0.2) is 25.7 Å². The Morgan fingerprint density at radius 3 is 2.52 bits per heavy atom. The molecule has 4 rings (SSSR count). The number of nitrogens with zero attached hydrogens (tertiary/aromatic N) is 3. The summed E-state index contributed by atoms with van der Waals surface area (Å²) in [5, 5.41) is 17.3. The van der Waals surface area contributed by atoms with Crippen LogP contribution < -0.4 is 15.4 Å². The summed E-state index contributed by atoms with van der Waals surface area (Å²) in [6.45, 7) is 2.61. The van der Waals surface area contributed by atoms with E-state index in [1.807, 2.05) is 81.7 Å². The second-order valence-electron chi connectivity index (χ2n) is 6.52. The predicted octanol–water partition coefficient (Wildman–Crippen LogP) is 6.29. The number of aromatic nitrogens is 1. The molecule has 0 aliphatic rings. The van der Waals surface area contributed by atoms with Gasteiger partial charge in [0.05, 0.1) is 34.7 Å². The fourth-order valence-corrected chi connectivity index (χ4v) is 3.38. The Hall–Kier alpha value is -3.67.